The molecule has 1 aromatic heterocycles. The highest BCUT2D eigenvalue weighted by Crippen LogP contribution is 2.39. The van der Waals surface area contributed by atoms with E-state index in [4.69, 9.17) is 10.5 Å². The molecule has 2 aromatic rings. The average Bonchev–Trinajstić information content (AvgIpc) is 2.43. The predicted octanol–water partition coefficient (Wildman–Crippen LogP) is 4.33. The first kappa shape index (κ1) is 15.9. The summed E-state index contributed by atoms with van der Waals surface area (Å²) in [6.07, 6.45) is 1.55. The van der Waals surface area contributed by atoms with Crippen molar-refractivity contribution in [1.82, 2.24) is 4.98 Å². The highest BCUT2D eigenvalue weighted by Gasteiger charge is 2.16. The zero-order chi connectivity index (χ0) is 15.6. The van der Waals surface area contributed by atoms with Crippen molar-refractivity contribution in [1.29, 1.82) is 0 Å². The second kappa shape index (κ2) is 6.50. The molecule has 1 atom stereocenters. The second-order valence-electron chi connectivity index (χ2n) is 4.31. The molecule has 1 aromatic carbocycles. The van der Waals surface area contributed by atoms with Crippen molar-refractivity contribution in [2.75, 3.05) is 0 Å². The van der Waals surface area contributed by atoms with Gasteiger partial charge in [0.1, 0.15) is 5.75 Å². The van der Waals surface area contributed by atoms with Crippen molar-refractivity contribution in [2.24, 2.45) is 5.73 Å². The van der Waals surface area contributed by atoms with E-state index in [1.54, 1.807) is 18.3 Å². The molecule has 0 radical (unpaired) electrons. The van der Waals surface area contributed by atoms with Gasteiger partial charge in [-0.1, -0.05) is 0 Å². The van der Waals surface area contributed by atoms with Gasteiger partial charge in [0.05, 0.1) is 25.8 Å². The standard InChI is InChI=1S/C13H11Br2N3O3/c1-7(16)12-3-2-9(6-17-12)21-13-10(14)4-8(18(19)20)5-11(13)15/h2-7H,16H2,1H3/t7-/m1/s1. The van der Waals surface area contributed by atoms with Crippen LogP contribution in [0.1, 0.15) is 18.7 Å². The molecule has 0 aliphatic carbocycles. The van der Waals surface area contributed by atoms with Crippen LogP contribution in [0.5, 0.6) is 11.5 Å². The Hall–Kier alpha value is -1.51. The summed E-state index contributed by atoms with van der Waals surface area (Å²) in [5.41, 5.74) is 6.45. The molecular weight excluding hydrogens is 406 g/mol. The first-order valence-corrected chi connectivity index (χ1v) is 7.50. The number of non-ortho nitro benzene ring substituents is 1. The van der Waals surface area contributed by atoms with Gasteiger partial charge in [0.25, 0.3) is 5.69 Å². The number of rotatable bonds is 4. The molecule has 0 fully saturated rings. The van der Waals surface area contributed by atoms with Gasteiger partial charge in [0.15, 0.2) is 5.75 Å². The van der Waals surface area contributed by atoms with Crippen molar-refractivity contribution < 1.29 is 9.66 Å². The van der Waals surface area contributed by atoms with E-state index in [-0.39, 0.29) is 11.7 Å². The third-order valence-corrected chi connectivity index (χ3v) is 3.82. The third kappa shape index (κ3) is 3.78. The monoisotopic (exact) mass is 415 g/mol. The fourth-order valence-corrected chi connectivity index (χ4v) is 2.91. The maximum absolute atomic E-state index is 10.8. The van der Waals surface area contributed by atoms with Gasteiger partial charge < -0.3 is 10.5 Å². The lowest BCUT2D eigenvalue weighted by molar-refractivity contribution is -0.385. The topological polar surface area (TPSA) is 91.3 Å². The molecule has 1 heterocycles. The minimum atomic E-state index is -0.474. The molecule has 0 aliphatic rings. The largest absolute Gasteiger partial charge is 0.453 e. The van der Waals surface area contributed by atoms with Crippen LogP contribution >= 0.6 is 31.9 Å². The molecule has 0 unspecified atom stereocenters. The minimum absolute atomic E-state index is 0.0356. The number of hydrogen-bond donors (Lipinski definition) is 1. The number of hydrogen-bond acceptors (Lipinski definition) is 5. The molecule has 110 valence electrons. The van der Waals surface area contributed by atoms with Crippen molar-refractivity contribution >= 4 is 37.5 Å². The van der Waals surface area contributed by atoms with Crippen LogP contribution in [-0.2, 0) is 0 Å². The lowest BCUT2D eigenvalue weighted by atomic mass is 10.2. The van der Waals surface area contributed by atoms with Gasteiger partial charge in [-0.05, 0) is 50.9 Å². The van der Waals surface area contributed by atoms with E-state index in [0.29, 0.717) is 20.4 Å². The van der Waals surface area contributed by atoms with Crippen LogP contribution in [-0.4, -0.2) is 9.91 Å². The fraction of sp³-hybridized carbons (Fsp3) is 0.154. The quantitative estimate of drug-likeness (QED) is 0.591. The maximum Gasteiger partial charge on any atom is 0.271 e. The molecule has 0 bridgehead atoms. The van der Waals surface area contributed by atoms with E-state index in [1.165, 1.54) is 12.1 Å². The summed E-state index contributed by atoms with van der Waals surface area (Å²) in [7, 11) is 0. The number of aromatic nitrogens is 1. The second-order valence-corrected chi connectivity index (χ2v) is 6.01. The van der Waals surface area contributed by atoms with E-state index < -0.39 is 4.92 Å². The molecule has 0 saturated heterocycles. The number of nitrogens with zero attached hydrogens (tertiary/aromatic N) is 2. The van der Waals surface area contributed by atoms with Crippen LogP contribution in [0.25, 0.3) is 0 Å². The zero-order valence-corrected chi connectivity index (χ0v) is 14.1. The Kier molecular flexibility index (Phi) is 4.92. The Morgan fingerprint density at radius 3 is 2.38 bits per heavy atom. The maximum atomic E-state index is 10.8. The van der Waals surface area contributed by atoms with Crippen LogP contribution in [0.2, 0.25) is 0 Å². The molecule has 8 heteroatoms. The van der Waals surface area contributed by atoms with Crippen molar-refractivity contribution in [2.45, 2.75) is 13.0 Å². The number of benzene rings is 1. The number of pyridine rings is 1. The summed E-state index contributed by atoms with van der Waals surface area (Å²) in [4.78, 5) is 14.5. The Balaban J connectivity index is 2.29. The number of nitro groups is 1. The first-order valence-electron chi connectivity index (χ1n) is 5.91. The van der Waals surface area contributed by atoms with Crippen molar-refractivity contribution in [3.8, 4) is 11.5 Å². The van der Waals surface area contributed by atoms with Crippen LogP contribution in [0.3, 0.4) is 0 Å². The summed E-state index contributed by atoms with van der Waals surface area (Å²) in [6, 6.07) is 6.12. The molecule has 0 aliphatic heterocycles. The average molecular weight is 417 g/mol. The normalized spacial score (nSPS) is 12.0. The summed E-state index contributed by atoms with van der Waals surface area (Å²) in [5.74, 6) is 0.950. The van der Waals surface area contributed by atoms with E-state index in [0.717, 1.165) is 5.69 Å². The Bertz CT molecular complexity index is 652. The molecule has 0 saturated carbocycles. The van der Waals surface area contributed by atoms with E-state index in [9.17, 15) is 10.1 Å². The molecular formula is C13H11Br2N3O3. The van der Waals surface area contributed by atoms with E-state index in [1.807, 2.05) is 6.92 Å². The molecule has 2 N–H and O–H groups in total. The van der Waals surface area contributed by atoms with Crippen molar-refractivity contribution in [3.63, 3.8) is 0 Å². The SMILES string of the molecule is C[C@@H](N)c1ccc(Oc2c(Br)cc([N+](=O)[O-])cc2Br)cn1. The van der Waals surface area contributed by atoms with Gasteiger partial charge in [-0.3, -0.25) is 15.1 Å². The lowest BCUT2D eigenvalue weighted by Gasteiger charge is -2.10. The number of halogens is 2. The zero-order valence-electron chi connectivity index (χ0n) is 10.9. The van der Waals surface area contributed by atoms with Crippen LogP contribution < -0.4 is 10.5 Å². The Labute approximate surface area is 137 Å². The van der Waals surface area contributed by atoms with E-state index in [2.05, 4.69) is 36.8 Å². The van der Waals surface area contributed by atoms with Crippen LogP contribution in [0.4, 0.5) is 5.69 Å². The first-order chi connectivity index (χ1) is 9.88. The minimum Gasteiger partial charge on any atom is -0.453 e. The van der Waals surface area contributed by atoms with Gasteiger partial charge in [-0.15, -0.1) is 0 Å². The molecule has 6 nitrogen and oxygen atoms in total. The van der Waals surface area contributed by atoms with Gasteiger partial charge >= 0.3 is 0 Å². The molecule has 0 amide bonds. The fourth-order valence-electron chi connectivity index (χ4n) is 1.59. The molecule has 2 rings (SSSR count). The lowest BCUT2D eigenvalue weighted by Crippen LogP contribution is -2.06. The third-order valence-electron chi connectivity index (χ3n) is 2.64. The van der Waals surface area contributed by atoms with Gasteiger partial charge in [-0.2, -0.15) is 0 Å². The smallest absolute Gasteiger partial charge is 0.271 e. The van der Waals surface area contributed by atoms with Crippen LogP contribution in [0.15, 0.2) is 39.4 Å². The summed E-state index contributed by atoms with van der Waals surface area (Å²) in [5, 5.41) is 10.8. The number of nitro benzene ring substituents is 1. The van der Waals surface area contributed by atoms with Crippen molar-refractivity contribution in [3.05, 3.63) is 55.2 Å². The number of ether oxygens (including phenoxy) is 1. The highest BCUT2D eigenvalue weighted by molar-refractivity contribution is 9.11. The summed E-state index contributed by atoms with van der Waals surface area (Å²) < 4.78 is 6.63. The van der Waals surface area contributed by atoms with E-state index >= 15 is 0 Å². The Morgan fingerprint density at radius 1 is 1.33 bits per heavy atom. The van der Waals surface area contributed by atoms with Gasteiger partial charge in [0, 0.05) is 18.2 Å². The summed E-state index contributed by atoms with van der Waals surface area (Å²) >= 11 is 6.52. The molecule has 0 spiro atoms. The van der Waals surface area contributed by atoms with Crippen LogP contribution in [0, 0.1) is 10.1 Å². The summed E-state index contributed by atoms with van der Waals surface area (Å²) in [6.45, 7) is 1.84. The molecule has 21 heavy (non-hydrogen) atoms. The van der Waals surface area contributed by atoms with Gasteiger partial charge in [-0.25, -0.2) is 0 Å². The van der Waals surface area contributed by atoms with Gasteiger partial charge in [0.2, 0.25) is 0 Å². The Morgan fingerprint density at radius 2 is 1.95 bits per heavy atom. The predicted molar refractivity (Wildman–Crippen MR) is 85.4 cm³/mol. The highest BCUT2D eigenvalue weighted by atomic mass is 79.9. The number of nitrogens with two attached hydrogens (primary N) is 1.